The number of ether oxygens (including phenoxy) is 2. The van der Waals surface area contributed by atoms with Gasteiger partial charge in [0.2, 0.25) is 0 Å². The molecular formula is C12H10O6. The highest BCUT2D eigenvalue weighted by Crippen LogP contribution is 2.59. The summed E-state index contributed by atoms with van der Waals surface area (Å²) >= 11 is 0. The van der Waals surface area contributed by atoms with Gasteiger partial charge in [0.15, 0.2) is 0 Å². The summed E-state index contributed by atoms with van der Waals surface area (Å²) in [5.74, 6) is -4.88. The highest BCUT2D eigenvalue weighted by atomic mass is 16.6. The Hall–Kier alpha value is -1.72. The summed E-state index contributed by atoms with van der Waals surface area (Å²) < 4.78 is 9.37. The van der Waals surface area contributed by atoms with Crippen LogP contribution >= 0.6 is 0 Å². The van der Waals surface area contributed by atoms with Gasteiger partial charge in [-0.1, -0.05) is 0 Å². The van der Waals surface area contributed by atoms with E-state index in [1.54, 1.807) is 0 Å². The molecule has 0 radical (unpaired) electrons. The number of esters is 4. The van der Waals surface area contributed by atoms with Crippen LogP contribution in [-0.4, -0.2) is 23.9 Å². The van der Waals surface area contributed by atoms with Crippen molar-refractivity contribution in [3.8, 4) is 0 Å². The molecule has 6 heteroatoms. The Morgan fingerprint density at radius 1 is 0.611 bits per heavy atom. The highest BCUT2D eigenvalue weighted by molar-refractivity contribution is 6.02. The summed E-state index contributed by atoms with van der Waals surface area (Å²) in [6.45, 7) is 0. The van der Waals surface area contributed by atoms with Crippen molar-refractivity contribution >= 4 is 23.9 Å². The molecule has 0 aromatic carbocycles. The molecule has 3 aliphatic carbocycles. The lowest BCUT2D eigenvalue weighted by Gasteiger charge is -2.46. The van der Waals surface area contributed by atoms with E-state index in [2.05, 4.69) is 9.47 Å². The van der Waals surface area contributed by atoms with Crippen molar-refractivity contribution in [2.24, 2.45) is 35.5 Å². The summed E-state index contributed by atoms with van der Waals surface area (Å²) in [6.07, 6.45) is 1.36. The molecule has 5 fully saturated rings. The fourth-order valence-electron chi connectivity index (χ4n) is 4.37. The first-order valence-electron chi connectivity index (χ1n) is 6.10. The average Bonchev–Trinajstić information content (AvgIpc) is 2.81. The van der Waals surface area contributed by atoms with Gasteiger partial charge in [0.25, 0.3) is 0 Å². The van der Waals surface area contributed by atoms with Gasteiger partial charge in [0.05, 0.1) is 23.7 Å². The maximum Gasteiger partial charge on any atom is 0.317 e. The number of carbonyl (C=O) groups excluding carboxylic acids is 4. The van der Waals surface area contributed by atoms with Crippen molar-refractivity contribution in [3.05, 3.63) is 0 Å². The van der Waals surface area contributed by atoms with E-state index in [1.807, 2.05) is 0 Å². The predicted molar refractivity (Wildman–Crippen MR) is 52.4 cm³/mol. The molecule has 2 bridgehead atoms. The lowest BCUT2D eigenvalue weighted by molar-refractivity contribution is -0.154. The fraction of sp³-hybridized carbons (Fsp3) is 0.667. The molecule has 0 aromatic heterocycles. The standard InChI is InChI=1S/C12H10O6/c13-9-5-3-1-2-4(7(5)11(15)17-9)8-6(3)10(14)18-12(8)16/h3-8H,1-2H2/t3?,4?,5-,6?,7+,8?. The van der Waals surface area contributed by atoms with Crippen LogP contribution in [-0.2, 0) is 28.7 Å². The molecule has 0 aromatic rings. The van der Waals surface area contributed by atoms with Crippen LogP contribution < -0.4 is 0 Å². The quantitative estimate of drug-likeness (QED) is 0.431. The van der Waals surface area contributed by atoms with Crippen molar-refractivity contribution in [1.82, 2.24) is 0 Å². The molecule has 0 spiro atoms. The maximum atomic E-state index is 11.7. The number of hydrogen-bond donors (Lipinski definition) is 0. The SMILES string of the molecule is O=C1OC(=O)C2C1C1CCC2[C@@H]2C(=O)OC(=O)[C@H]12. The molecule has 0 amide bonds. The van der Waals surface area contributed by atoms with E-state index < -0.39 is 47.5 Å². The minimum atomic E-state index is -0.545. The summed E-state index contributed by atoms with van der Waals surface area (Å²) in [6, 6.07) is 0. The molecule has 0 N–H and O–H groups in total. The Kier molecular flexibility index (Phi) is 1.70. The largest absolute Gasteiger partial charge is 0.393 e. The lowest BCUT2D eigenvalue weighted by Crippen LogP contribution is -2.53. The second-order valence-corrected chi connectivity index (χ2v) is 5.49. The minimum Gasteiger partial charge on any atom is -0.393 e. The van der Waals surface area contributed by atoms with Gasteiger partial charge in [-0.15, -0.1) is 0 Å². The molecule has 2 aliphatic heterocycles. The molecule has 4 unspecified atom stereocenters. The van der Waals surface area contributed by atoms with Crippen LogP contribution in [0.2, 0.25) is 0 Å². The van der Waals surface area contributed by atoms with Crippen LogP contribution in [0.3, 0.4) is 0 Å². The van der Waals surface area contributed by atoms with E-state index in [0.29, 0.717) is 12.8 Å². The van der Waals surface area contributed by atoms with Crippen molar-refractivity contribution in [1.29, 1.82) is 0 Å². The van der Waals surface area contributed by atoms with Crippen LogP contribution in [0.5, 0.6) is 0 Å². The lowest BCUT2D eigenvalue weighted by atomic mass is 9.51. The molecule has 2 heterocycles. The van der Waals surface area contributed by atoms with E-state index in [1.165, 1.54) is 0 Å². The van der Waals surface area contributed by atoms with Gasteiger partial charge in [-0.05, 0) is 24.7 Å². The zero-order valence-electron chi connectivity index (χ0n) is 9.33. The number of hydrogen-bond acceptors (Lipinski definition) is 6. The van der Waals surface area contributed by atoms with Crippen LogP contribution in [0.15, 0.2) is 0 Å². The van der Waals surface area contributed by atoms with Crippen molar-refractivity contribution in [3.63, 3.8) is 0 Å². The van der Waals surface area contributed by atoms with Gasteiger partial charge < -0.3 is 9.47 Å². The third kappa shape index (κ3) is 0.958. The van der Waals surface area contributed by atoms with Crippen LogP contribution in [0.4, 0.5) is 0 Å². The Morgan fingerprint density at radius 3 is 1.17 bits per heavy atom. The van der Waals surface area contributed by atoms with Gasteiger partial charge in [0.1, 0.15) is 0 Å². The van der Waals surface area contributed by atoms with Crippen molar-refractivity contribution in [2.45, 2.75) is 12.8 Å². The first-order chi connectivity index (χ1) is 8.59. The molecule has 18 heavy (non-hydrogen) atoms. The summed E-state index contributed by atoms with van der Waals surface area (Å²) in [5.41, 5.74) is 0. The van der Waals surface area contributed by atoms with E-state index in [4.69, 9.17) is 0 Å². The van der Waals surface area contributed by atoms with Gasteiger partial charge in [-0.3, -0.25) is 19.2 Å². The second kappa shape index (κ2) is 2.99. The van der Waals surface area contributed by atoms with E-state index in [0.717, 1.165) is 0 Å². The summed E-state index contributed by atoms with van der Waals surface area (Å²) in [7, 11) is 0. The Morgan fingerprint density at radius 2 is 0.889 bits per heavy atom. The highest BCUT2D eigenvalue weighted by Gasteiger charge is 2.69. The third-order valence-electron chi connectivity index (χ3n) is 4.94. The average molecular weight is 250 g/mol. The third-order valence-corrected chi connectivity index (χ3v) is 4.94. The van der Waals surface area contributed by atoms with Gasteiger partial charge in [-0.2, -0.15) is 0 Å². The van der Waals surface area contributed by atoms with Crippen LogP contribution in [0.1, 0.15) is 12.8 Å². The smallest absolute Gasteiger partial charge is 0.317 e. The monoisotopic (exact) mass is 250 g/mol. The molecular weight excluding hydrogens is 240 g/mol. The zero-order chi connectivity index (χ0) is 12.6. The minimum absolute atomic E-state index is 0.275. The van der Waals surface area contributed by atoms with Crippen LogP contribution in [0, 0.1) is 35.5 Å². The first-order valence-corrected chi connectivity index (χ1v) is 6.10. The number of rotatable bonds is 0. The molecule has 5 aliphatic rings. The molecule has 5 rings (SSSR count). The zero-order valence-corrected chi connectivity index (χ0v) is 9.33. The Bertz CT molecular complexity index is 423. The summed E-state index contributed by atoms with van der Waals surface area (Å²) in [5, 5.41) is 0. The number of cyclic esters (lactones) is 4. The normalized spacial score (nSPS) is 48.9. The Labute approximate surface area is 102 Å². The van der Waals surface area contributed by atoms with Crippen molar-refractivity contribution < 1.29 is 28.7 Å². The maximum absolute atomic E-state index is 11.7. The van der Waals surface area contributed by atoms with Gasteiger partial charge >= 0.3 is 23.9 Å². The van der Waals surface area contributed by atoms with Gasteiger partial charge in [0, 0.05) is 0 Å². The topological polar surface area (TPSA) is 86.7 Å². The van der Waals surface area contributed by atoms with Gasteiger partial charge in [-0.25, -0.2) is 0 Å². The van der Waals surface area contributed by atoms with E-state index in [9.17, 15) is 19.2 Å². The fourth-order valence-corrected chi connectivity index (χ4v) is 4.37. The van der Waals surface area contributed by atoms with Crippen LogP contribution in [0.25, 0.3) is 0 Å². The molecule has 6 atom stereocenters. The molecule has 2 saturated heterocycles. The first kappa shape index (κ1) is 10.2. The molecule has 3 saturated carbocycles. The number of fused-ring (bicyclic) bond motifs is 1. The Balaban J connectivity index is 1.84. The van der Waals surface area contributed by atoms with E-state index in [-0.39, 0.29) is 11.8 Å². The molecule has 6 nitrogen and oxygen atoms in total. The van der Waals surface area contributed by atoms with Crippen molar-refractivity contribution in [2.75, 3.05) is 0 Å². The summed E-state index contributed by atoms with van der Waals surface area (Å²) in [4.78, 5) is 46.8. The van der Waals surface area contributed by atoms with E-state index >= 15 is 0 Å². The second-order valence-electron chi connectivity index (χ2n) is 5.49. The molecule has 94 valence electrons. The predicted octanol–water partition coefficient (Wildman–Crippen LogP) is -0.342. The number of carbonyl (C=O) groups is 4.